The van der Waals surface area contributed by atoms with Crippen molar-refractivity contribution in [1.82, 2.24) is 15.2 Å². The molecule has 1 N–H and O–H groups in total. The van der Waals surface area contributed by atoms with Crippen molar-refractivity contribution in [2.24, 2.45) is 0 Å². The minimum Gasteiger partial charge on any atom is -0.374 e. The van der Waals surface area contributed by atoms with E-state index in [4.69, 9.17) is 4.74 Å². The number of rotatable bonds is 5. The van der Waals surface area contributed by atoms with E-state index in [-0.39, 0.29) is 12.1 Å². The van der Waals surface area contributed by atoms with Crippen LogP contribution >= 0.6 is 11.3 Å². The lowest BCUT2D eigenvalue weighted by Gasteiger charge is -2.36. The van der Waals surface area contributed by atoms with E-state index in [0.717, 1.165) is 13.1 Å². The van der Waals surface area contributed by atoms with E-state index in [2.05, 4.69) is 22.1 Å². The van der Waals surface area contributed by atoms with E-state index in [1.54, 1.807) is 0 Å². The van der Waals surface area contributed by atoms with Crippen LogP contribution in [-0.4, -0.2) is 48.8 Å². The highest BCUT2D eigenvalue weighted by molar-refractivity contribution is 7.11. The molecule has 0 aliphatic carbocycles. The molecule has 1 fully saturated rings. The largest absolute Gasteiger partial charge is 0.443 e. The first kappa shape index (κ1) is 16.7. The van der Waals surface area contributed by atoms with Crippen LogP contribution in [0.1, 0.15) is 29.8 Å². The van der Waals surface area contributed by atoms with Gasteiger partial charge in [0.2, 0.25) is 0 Å². The van der Waals surface area contributed by atoms with Crippen LogP contribution in [0.5, 0.6) is 0 Å². The molecule has 0 spiro atoms. The molecule has 0 saturated carbocycles. The minimum atomic E-state index is -4.39. The van der Waals surface area contributed by atoms with Crippen LogP contribution in [-0.2, 0) is 10.9 Å². The average molecular weight is 323 g/mol. The first-order valence-corrected chi connectivity index (χ1v) is 7.87. The van der Waals surface area contributed by atoms with Gasteiger partial charge in [-0.15, -0.1) is 11.3 Å². The van der Waals surface area contributed by atoms with Crippen molar-refractivity contribution in [2.45, 2.75) is 32.2 Å². The van der Waals surface area contributed by atoms with Crippen LogP contribution in [0.25, 0.3) is 0 Å². The van der Waals surface area contributed by atoms with Gasteiger partial charge in [-0.1, -0.05) is 13.8 Å². The fourth-order valence-corrected chi connectivity index (χ4v) is 3.33. The smallest absolute Gasteiger partial charge is 0.374 e. The molecule has 8 heteroatoms. The topological polar surface area (TPSA) is 37.4 Å². The number of alkyl halides is 3. The highest BCUT2D eigenvalue weighted by atomic mass is 32.1. The van der Waals surface area contributed by atoms with E-state index >= 15 is 0 Å². The lowest BCUT2D eigenvalue weighted by atomic mass is 10.1. The third-order valence-electron chi connectivity index (χ3n) is 3.49. The Morgan fingerprint density at radius 2 is 2.29 bits per heavy atom. The number of hydrogen-bond acceptors (Lipinski definition) is 5. The van der Waals surface area contributed by atoms with E-state index in [1.807, 2.05) is 6.92 Å². The molecule has 2 rings (SSSR count). The number of morpholine rings is 1. The molecule has 1 aromatic rings. The van der Waals surface area contributed by atoms with Crippen LogP contribution in [0.15, 0.2) is 6.20 Å². The van der Waals surface area contributed by atoms with Crippen molar-refractivity contribution in [3.05, 3.63) is 16.1 Å². The fraction of sp³-hybridized carbons (Fsp3) is 0.769. The monoisotopic (exact) mass is 323 g/mol. The van der Waals surface area contributed by atoms with E-state index in [9.17, 15) is 13.2 Å². The van der Waals surface area contributed by atoms with Crippen molar-refractivity contribution in [1.29, 1.82) is 0 Å². The Bertz CT molecular complexity index is 452. The molecular weight excluding hydrogens is 303 g/mol. The van der Waals surface area contributed by atoms with Gasteiger partial charge in [-0.25, -0.2) is 4.98 Å². The first-order valence-electron chi connectivity index (χ1n) is 7.06. The van der Waals surface area contributed by atoms with Gasteiger partial charge in [0, 0.05) is 24.2 Å². The molecule has 120 valence electrons. The third-order valence-corrected chi connectivity index (χ3v) is 4.62. The van der Waals surface area contributed by atoms with E-state index in [1.165, 1.54) is 6.20 Å². The third kappa shape index (κ3) is 4.15. The Morgan fingerprint density at radius 1 is 1.52 bits per heavy atom. The van der Waals surface area contributed by atoms with Gasteiger partial charge in [0.1, 0.15) is 0 Å². The molecule has 1 saturated heterocycles. The summed E-state index contributed by atoms with van der Waals surface area (Å²) in [5, 5.41) is 2.43. The molecule has 1 aromatic heterocycles. The summed E-state index contributed by atoms with van der Waals surface area (Å²) in [5.74, 6) is 0. The summed E-state index contributed by atoms with van der Waals surface area (Å²) >= 11 is 0.693. The van der Waals surface area contributed by atoms with E-state index < -0.39 is 11.2 Å². The Hall–Kier alpha value is -0.700. The molecule has 1 aliphatic rings. The van der Waals surface area contributed by atoms with Gasteiger partial charge in [-0.05, 0) is 13.1 Å². The Balaban J connectivity index is 2.16. The predicted molar refractivity (Wildman–Crippen MR) is 75.4 cm³/mol. The Morgan fingerprint density at radius 3 is 2.86 bits per heavy atom. The van der Waals surface area contributed by atoms with Gasteiger partial charge in [-0.3, -0.25) is 4.90 Å². The number of thiazole rings is 1. The fourth-order valence-electron chi connectivity index (χ4n) is 2.42. The molecule has 0 bridgehead atoms. The zero-order valence-electron chi connectivity index (χ0n) is 12.1. The molecule has 0 radical (unpaired) electrons. The number of likely N-dealkylation sites (N-methyl/N-ethyl adjacent to an activating group) is 2. The number of hydrogen-bond donors (Lipinski definition) is 1. The number of ether oxygens (including phenoxy) is 1. The Kier molecular flexibility index (Phi) is 5.59. The number of nitrogens with zero attached hydrogens (tertiary/aromatic N) is 2. The molecule has 2 heterocycles. The summed E-state index contributed by atoms with van der Waals surface area (Å²) < 4.78 is 43.9. The normalized spacial score (nSPS) is 22.4. The second kappa shape index (κ2) is 7.04. The molecule has 2 atom stereocenters. The van der Waals surface area contributed by atoms with Gasteiger partial charge in [0.25, 0.3) is 0 Å². The van der Waals surface area contributed by atoms with Crippen molar-refractivity contribution >= 4 is 11.3 Å². The molecule has 0 amide bonds. The molecular formula is C13H20F3N3OS. The second-order valence-electron chi connectivity index (χ2n) is 4.90. The van der Waals surface area contributed by atoms with Gasteiger partial charge in [-0.2, -0.15) is 13.2 Å². The first-order chi connectivity index (χ1) is 9.95. The summed E-state index contributed by atoms with van der Waals surface area (Å²) in [7, 11) is 0. The number of aromatic nitrogens is 1. The Labute approximate surface area is 126 Å². The highest BCUT2D eigenvalue weighted by Gasteiger charge is 2.37. The molecule has 1 aliphatic heterocycles. The van der Waals surface area contributed by atoms with Gasteiger partial charge < -0.3 is 10.1 Å². The van der Waals surface area contributed by atoms with Crippen LogP contribution in [0.2, 0.25) is 0 Å². The average Bonchev–Trinajstić information content (AvgIpc) is 2.94. The van der Waals surface area contributed by atoms with Crippen molar-refractivity contribution in [2.75, 3.05) is 32.8 Å². The standard InChI is InChI=1S/C13H20F3N3OS/c1-3-17-11(9-8-19(4-2)5-6-20-9)10-7-18-12(21-10)13(14,15)16/h7,9,11,17H,3-6,8H2,1-2H3. The predicted octanol–water partition coefficient (Wildman–Crippen LogP) is 2.53. The summed E-state index contributed by atoms with van der Waals surface area (Å²) in [4.78, 5) is 6.33. The summed E-state index contributed by atoms with van der Waals surface area (Å²) in [5.41, 5.74) is 0. The van der Waals surface area contributed by atoms with Crippen molar-refractivity contribution in [3.8, 4) is 0 Å². The number of halogens is 3. The molecule has 0 aromatic carbocycles. The SMILES string of the molecule is CCNC(c1cnc(C(F)(F)F)s1)C1CN(CC)CCO1. The zero-order chi connectivity index (χ0) is 15.5. The van der Waals surface area contributed by atoms with Gasteiger partial charge in [0.05, 0.1) is 18.8 Å². The van der Waals surface area contributed by atoms with Crippen LogP contribution in [0.4, 0.5) is 13.2 Å². The second-order valence-corrected chi connectivity index (χ2v) is 5.97. The molecule has 4 nitrogen and oxygen atoms in total. The van der Waals surface area contributed by atoms with Crippen molar-refractivity contribution in [3.63, 3.8) is 0 Å². The minimum absolute atomic E-state index is 0.153. The summed E-state index contributed by atoms with van der Waals surface area (Å²) in [6, 6.07) is -0.252. The highest BCUT2D eigenvalue weighted by Crippen LogP contribution is 2.35. The van der Waals surface area contributed by atoms with Gasteiger partial charge in [0.15, 0.2) is 5.01 Å². The molecule has 21 heavy (non-hydrogen) atoms. The lowest BCUT2D eigenvalue weighted by Crippen LogP contribution is -2.47. The van der Waals surface area contributed by atoms with Gasteiger partial charge >= 0.3 is 6.18 Å². The van der Waals surface area contributed by atoms with Crippen LogP contribution in [0, 0.1) is 0 Å². The summed E-state index contributed by atoms with van der Waals surface area (Å²) in [6.07, 6.45) is -3.22. The lowest BCUT2D eigenvalue weighted by molar-refractivity contribution is -0.137. The van der Waals surface area contributed by atoms with Crippen molar-refractivity contribution < 1.29 is 17.9 Å². The maximum atomic E-state index is 12.7. The molecule has 2 unspecified atom stereocenters. The quantitative estimate of drug-likeness (QED) is 0.903. The van der Waals surface area contributed by atoms with Crippen LogP contribution in [0.3, 0.4) is 0 Å². The van der Waals surface area contributed by atoms with E-state index in [0.29, 0.717) is 35.9 Å². The summed E-state index contributed by atoms with van der Waals surface area (Å²) in [6.45, 7) is 7.75. The number of nitrogens with one attached hydrogen (secondary N) is 1. The maximum absolute atomic E-state index is 12.7. The zero-order valence-corrected chi connectivity index (χ0v) is 12.9. The maximum Gasteiger partial charge on any atom is 0.443 e. The van der Waals surface area contributed by atoms with Crippen LogP contribution < -0.4 is 5.32 Å².